The number of rotatable bonds is 8. The van der Waals surface area contributed by atoms with Gasteiger partial charge in [-0.25, -0.2) is 14.4 Å². The van der Waals surface area contributed by atoms with Gasteiger partial charge in [-0.1, -0.05) is 18.2 Å². The highest BCUT2D eigenvalue weighted by molar-refractivity contribution is 5.79. The van der Waals surface area contributed by atoms with Gasteiger partial charge < -0.3 is 15.0 Å². The molecule has 0 spiro atoms. The number of nitrogens with zero attached hydrogens (tertiary/aromatic N) is 4. The first-order chi connectivity index (χ1) is 16.0. The monoisotopic (exact) mass is 449 g/mol. The van der Waals surface area contributed by atoms with E-state index in [2.05, 4.69) is 10.3 Å². The summed E-state index contributed by atoms with van der Waals surface area (Å²) in [6.07, 6.45) is 2.97. The number of hydrogen-bond donors (Lipinski definition) is 1. The summed E-state index contributed by atoms with van der Waals surface area (Å²) < 4.78 is 18.4. The van der Waals surface area contributed by atoms with Gasteiger partial charge in [0.2, 0.25) is 5.91 Å². The van der Waals surface area contributed by atoms with E-state index in [0.29, 0.717) is 24.7 Å². The number of hydrogen-bond acceptors (Lipinski definition) is 6. The summed E-state index contributed by atoms with van der Waals surface area (Å²) in [5.74, 6) is 1.63. The minimum absolute atomic E-state index is 0.0642. The third kappa shape index (κ3) is 5.84. The molecule has 2 aromatic heterocycles. The molecule has 1 unspecified atom stereocenters. The van der Waals surface area contributed by atoms with Crippen molar-refractivity contribution in [2.75, 3.05) is 32.6 Å². The highest BCUT2D eigenvalue weighted by Gasteiger charge is 2.31. The second-order valence-corrected chi connectivity index (χ2v) is 8.20. The predicted octanol–water partition coefficient (Wildman–Crippen LogP) is 4.16. The van der Waals surface area contributed by atoms with E-state index in [1.165, 1.54) is 6.07 Å². The Bertz CT molecular complexity index is 1090. The summed E-state index contributed by atoms with van der Waals surface area (Å²) in [4.78, 5) is 25.8. The van der Waals surface area contributed by atoms with Gasteiger partial charge in [-0.15, -0.1) is 0 Å². The average molecular weight is 450 g/mol. The highest BCUT2D eigenvalue weighted by Crippen LogP contribution is 2.32. The molecule has 1 atom stereocenters. The smallest absolute Gasteiger partial charge is 0.237 e. The summed E-state index contributed by atoms with van der Waals surface area (Å²) in [7, 11) is 3.59. The van der Waals surface area contributed by atoms with Gasteiger partial charge in [-0.2, -0.15) is 0 Å². The zero-order valence-electron chi connectivity index (χ0n) is 18.9. The number of pyridine rings is 2. The highest BCUT2D eigenvalue weighted by atomic mass is 19.1. The zero-order valence-corrected chi connectivity index (χ0v) is 18.9. The molecule has 33 heavy (non-hydrogen) atoms. The fraction of sp³-hybridized carbons (Fsp3) is 0.320. The maximum absolute atomic E-state index is 13.1. The molecule has 172 valence electrons. The van der Waals surface area contributed by atoms with Crippen molar-refractivity contribution in [3.8, 4) is 5.75 Å². The summed E-state index contributed by atoms with van der Waals surface area (Å²) in [6.45, 7) is 1.70. The number of carbonyl (C=O) groups excluding carboxylic acids is 1. The Hall–Kier alpha value is -3.52. The van der Waals surface area contributed by atoms with E-state index in [9.17, 15) is 9.18 Å². The number of likely N-dealkylation sites (tertiary alicyclic amines) is 1. The molecule has 1 N–H and O–H groups in total. The molecule has 0 aliphatic carbocycles. The van der Waals surface area contributed by atoms with Crippen molar-refractivity contribution in [1.29, 1.82) is 0 Å². The molecule has 1 amide bonds. The summed E-state index contributed by atoms with van der Waals surface area (Å²) in [5.41, 5.74) is 1.93. The number of carbonyl (C=O) groups is 1. The zero-order chi connectivity index (χ0) is 23.2. The molecule has 1 aliphatic heterocycles. The molecule has 0 radical (unpaired) electrons. The molecular formula is C25H28FN5O2. The van der Waals surface area contributed by atoms with Gasteiger partial charge in [0.25, 0.3) is 0 Å². The van der Waals surface area contributed by atoms with E-state index in [0.717, 1.165) is 42.6 Å². The van der Waals surface area contributed by atoms with Gasteiger partial charge in [0, 0.05) is 13.1 Å². The molecule has 0 bridgehead atoms. The second kappa shape index (κ2) is 10.4. The number of benzene rings is 1. The van der Waals surface area contributed by atoms with Crippen LogP contribution in [0.5, 0.6) is 5.75 Å². The Kier molecular flexibility index (Phi) is 7.14. The summed E-state index contributed by atoms with van der Waals surface area (Å²) in [6, 6.07) is 16.4. The van der Waals surface area contributed by atoms with E-state index in [1.54, 1.807) is 13.2 Å². The molecule has 1 aromatic carbocycles. The van der Waals surface area contributed by atoms with Crippen LogP contribution in [0.15, 0.2) is 60.8 Å². The van der Waals surface area contributed by atoms with E-state index in [1.807, 2.05) is 59.3 Å². The minimum Gasteiger partial charge on any atom is -0.497 e. The quantitative estimate of drug-likeness (QED) is 0.557. The predicted molar refractivity (Wildman–Crippen MR) is 125 cm³/mol. The lowest BCUT2D eigenvalue weighted by Gasteiger charge is -2.27. The normalized spacial score (nSPS) is 15.6. The fourth-order valence-electron chi connectivity index (χ4n) is 4.12. The van der Waals surface area contributed by atoms with Crippen LogP contribution in [0.2, 0.25) is 0 Å². The second-order valence-electron chi connectivity index (χ2n) is 8.20. The Labute approximate surface area is 193 Å². The fourth-order valence-corrected chi connectivity index (χ4v) is 4.12. The van der Waals surface area contributed by atoms with Crippen molar-refractivity contribution in [3.63, 3.8) is 0 Å². The lowest BCUT2D eigenvalue weighted by molar-refractivity contribution is -0.133. The summed E-state index contributed by atoms with van der Waals surface area (Å²) in [5, 5.41) is 3.10. The molecule has 1 fully saturated rings. The molecular weight excluding hydrogens is 421 g/mol. The number of aromatic nitrogens is 2. The maximum atomic E-state index is 13.1. The largest absolute Gasteiger partial charge is 0.497 e. The first kappa shape index (κ1) is 22.7. The van der Waals surface area contributed by atoms with Gasteiger partial charge in [-0.3, -0.25) is 9.69 Å². The molecule has 7 nitrogen and oxygen atoms in total. The van der Waals surface area contributed by atoms with Crippen molar-refractivity contribution in [2.45, 2.75) is 25.4 Å². The van der Waals surface area contributed by atoms with Crippen molar-refractivity contribution >= 4 is 17.5 Å². The molecule has 3 heterocycles. The topological polar surface area (TPSA) is 70.6 Å². The van der Waals surface area contributed by atoms with Crippen LogP contribution in [0.25, 0.3) is 0 Å². The van der Waals surface area contributed by atoms with Crippen LogP contribution in [-0.4, -0.2) is 52.9 Å². The first-order valence-corrected chi connectivity index (χ1v) is 11.0. The van der Waals surface area contributed by atoms with E-state index >= 15 is 0 Å². The van der Waals surface area contributed by atoms with Gasteiger partial charge in [0.05, 0.1) is 31.6 Å². The van der Waals surface area contributed by atoms with E-state index in [4.69, 9.17) is 9.72 Å². The average Bonchev–Trinajstić information content (AvgIpc) is 3.31. The molecule has 1 aliphatic rings. The Morgan fingerprint density at radius 2 is 2.06 bits per heavy atom. The standard InChI is InChI=1S/C25H28FN5O2/c1-30(16-18-6-3-7-20(14-18)33-2)17-25(32)31-13-5-9-22(31)21-8-4-10-24(28-21)29-23-12-11-19(26)15-27-23/h3-4,6-8,10-12,14-15,22H,5,9,13,16-17H2,1-2H3,(H,27,28,29). The SMILES string of the molecule is COc1cccc(CN(C)CC(=O)N2CCCC2c2cccc(Nc3ccc(F)cn3)n2)c1. The third-order valence-electron chi connectivity index (χ3n) is 5.66. The molecule has 4 rings (SSSR count). The minimum atomic E-state index is -0.390. The van der Waals surface area contributed by atoms with Crippen LogP contribution < -0.4 is 10.1 Å². The van der Waals surface area contributed by atoms with Crippen LogP contribution in [0.3, 0.4) is 0 Å². The van der Waals surface area contributed by atoms with Crippen LogP contribution in [0.1, 0.15) is 30.1 Å². The van der Waals surface area contributed by atoms with Crippen LogP contribution in [-0.2, 0) is 11.3 Å². The summed E-state index contributed by atoms with van der Waals surface area (Å²) >= 11 is 0. The van der Waals surface area contributed by atoms with Crippen LogP contribution >= 0.6 is 0 Å². The van der Waals surface area contributed by atoms with Gasteiger partial charge in [0.15, 0.2) is 0 Å². The van der Waals surface area contributed by atoms with Crippen LogP contribution in [0, 0.1) is 5.82 Å². The van der Waals surface area contributed by atoms with Crippen molar-refractivity contribution in [2.24, 2.45) is 0 Å². The first-order valence-electron chi connectivity index (χ1n) is 11.0. The number of amides is 1. The molecule has 0 saturated carbocycles. The van der Waals surface area contributed by atoms with Gasteiger partial charge >= 0.3 is 0 Å². The van der Waals surface area contributed by atoms with Crippen molar-refractivity contribution < 1.29 is 13.9 Å². The Morgan fingerprint density at radius 3 is 2.85 bits per heavy atom. The van der Waals surface area contributed by atoms with Crippen LogP contribution in [0.4, 0.5) is 16.0 Å². The third-order valence-corrected chi connectivity index (χ3v) is 5.66. The van der Waals surface area contributed by atoms with Crippen molar-refractivity contribution in [3.05, 3.63) is 77.9 Å². The number of halogens is 1. The van der Waals surface area contributed by atoms with Gasteiger partial charge in [-0.05, 0) is 61.9 Å². The molecule has 1 saturated heterocycles. The lowest BCUT2D eigenvalue weighted by Crippen LogP contribution is -2.38. The van der Waals surface area contributed by atoms with E-state index < -0.39 is 5.82 Å². The number of nitrogens with one attached hydrogen (secondary N) is 1. The number of anilines is 2. The molecule has 3 aromatic rings. The lowest BCUT2D eigenvalue weighted by atomic mass is 10.1. The number of ether oxygens (including phenoxy) is 1. The Morgan fingerprint density at radius 1 is 1.21 bits per heavy atom. The van der Waals surface area contributed by atoms with E-state index in [-0.39, 0.29) is 11.9 Å². The number of likely N-dealkylation sites (N-methyl/N-ethyl adjacent to an activating group) is 1. The maximum Gasteiger partial charge on any atom is 0.237 e. The molecule has 8 heteroatoms. The Balaban J connectivity index is 1.40. The number of methoxy groups -OCH3 is 1. The van der Waals surface area contributed by atoms with Gasteiger partial charge in [0.1, 0.15) is 23.2 Å². The van der Waals surface area contributed by atoms with Crippen molar-refractivity contribution in [1.82, 2.24) is 19.8 Å².